The fourth-order valence-corrected chi connectivity index (χ4v) is 4.20. The molecule has 0 aromatic rings. The van der Waals surface area contributed by atoms with E-state index in [1.54, 1.807) is 14.2 Å². The molecule has 2 aliphatic rings. The van der Waals surface area contributed by atoms with Crippen LogP contribution in [-0.4, -0.2) is 56.5 Å². The van der Waals surface area contributed by atoms with Crippen LogP contribution in [0.5, 0.6) is 0 Å². The summed E-state index contributed by atoms with van der Waals surface area (Å²) in [4.78, 5) is 2.55. The summed E-state index contributed by atoms with van der Waals surface area (Å²) in [5.74, 6) is 0. The maximum Gasteiger partial charge on any atom is 0.0972 e. The van der Waals surface area contributed by atoms with E-state index in [4.69, 9.17) is 15.2 Å². The van der Waals surface area contributed by atoms with Crippen molar-refractivity contribution in [3.63, 3.8) is 0 Å². The molecule has 1 aliphatic carbocycles. The SMILES string of the molecule is COC1CN(C2(CN)CCCCC2(C)C)CC1OC. The van der Waals surface area contributed by atoms with Crippen molar-refractivity contribution >= 4 is 0 Å². The molecule has 4 nitrogen and oxygen atoms in total. The number of hydrogen-bond donors (Lipinski definition) is 1. The van der Waals surface area contributed by atoms with E-state index in [1.165, 1.54) is 25.7 Å². The van der Waals surface area contributed by atoms with E-state index in [9.17, 15) is 0 Å². The minimum absolute atomic E-state index is 0.106. The van der Waals surface area contributed by atoms with Crippen molar-refractivity contribution < 1.29 is 9.47 Å². The summed E-state index contributed by atoms with van der Waals surface area (Å²) >= 11 is 0. The Hall–Kier alpha value is -0.160. The van der Waals surface area contributed by atoms with Crippen LogP contribution in [0.1, 0.15) is 39.5 Å². The lowest BCUT2D eigenvalue weighted by Gasteiger charge is -2.55. The molecule has 0 aromatic carbocycles. The highest BCUT2D eigenvalue weighted by atomic mass is 16.5. The van der Waals surface area contributed by atoms with Gasteiger partial charge in [0.1, 0.15) is 0 Å². The van der Waals surface area contributed by atoms with Gasteiger partial charge in [0.25, 0.3) is 0 Å². The largest absolute Gasteiger partial charge is 0.377 e. The zero-order chi connectivity index (χ0) is 14.1. The second-order valence-electron chi connectivity index (χ2n) is 6.78. The quantitative estimate of drug-likeness (QED) is 0.843. The number of nitrogens with zero attached hydrogens (tertiary/aromatic N) is 1. The molecule has 0 bridgehead atoms. The Kier molecular flexibility index (Phi) is 4.56. The van der Waals surface area contributed by atoms with Gasteiger partial charge in [-0.25, -0.2) is 0 Å². The van der Waals surface area contributed by atoms with E-state index >= 15 is 0 Å². The van der Waals surface area contributed by atoms with Crippen LogP contribution < -0.4 is 5.73 Å². The van der Waals surface area contributed by atoms with Crippen molar-refractivity contribution in [3.8, 4) is 0 Å². The monoisotopic (exact) mass is 270 g/mol. The minimum Gasteiger partial charge on any atom is -0.377 e. The van der Waals surface area contributed by atoms with Crippen LogP contribution in [0.2, 0.25) is 0 Å². The number of methoxy groups -OCH3 is 2. The van der Waals surface area contributed by atoms with Crippen molar-refractivity contribution in [1.29, 1.82) is 0 Å². The van der Waals surface area contributed by atoms with Gasteiger partial charge in [-0.2, -0.15) is 0 Å². The second-order valence-corrected chi connectivity index (χ2v) is 6.78. The third kappa shape index (κ3) is 2.44. The molecule has 0 radical (unpaired) electrons. The van der Waals surface area contributed by atoms with Crippen LogP contribution in [0.25, 0.3) is 0 Å². The first kappa shape index (κ1) is 15.2. The lowest BCUT2D eigenvalue weighted by Crippen LogP contribution is -2.63. The van der Waals surface area contributed by atoms with Crippen LogP contribution in [-0.2, 0) is 9.47 Å². The van der Waals surface area contributed by atoms with Gasteiger partial charge in [0.2, 0.25) is 0 Å². The lowest BCUT2D eigenvalue weighted by molar-refractivity contribution is -0.0393. The summed E-state index contributed by atoms with van der Waals surface area (Å²) in [7, 11) is 3.56. The molecule has 2 fully saturated rings. The van der Waals surface area contributed by atoms with Crippen LogP contribution in [0.3, 0.4) is 0 Å². The third-order valence-electron chi connectivity index (χ3n) is 5.67. The molecular weight excluding hydrogens is 240 g/mol. The average Bonchev–Trinajstić information content (AvgIpc) is 2.82. The highest BCUT2D eigenvalue weighted by molar-refractivity contribution is 5.08. The highest BCUT2D eigenvalue weighted by Crippen LogP contribution is 2.48. The smallest absolute Gasteiger partial charge is 0.0972 e. The van der Waals surface area contributed by atoms with Gasteiger partial charge in [0.15, 0.2) is 0 Å². The van der Waals surface area contributed by atoms with Crippen molar-refractivity contribution in [2.24, 2.45) is 11.1 Å². The predicted octanol–water partition coefficient (Wildman–Crippen LogP) is 1.63. The normalized spacial score (nSPS) is 39.6. The van der Waals surface area contributed by atoms with Crippen molar-refractivity contribution in [3.05, 3.63) is 0 Å². The molecule has 0 amide bonds. The standard InChI is InChI=1S/C15H30N2O2/c1-14(2)7-5-6-8-15(14,11-16)17-9-12(18-3)13(10-17)19-4/h12-13H,5-11,16H2,1-4H3. The summed E-state index contributed by atoms with van der Waals surface area (Å²) < 4.78 is 11.2. The van der Waals surface area contributed by atoms with Crippen LogP contribution in [0.15, 0.2) is 0 Å². The first-order valence-corrected chi connectivity index (χ1v) is 7.51. The van der Waals surface area contributed by atoms with E-state index in [0.29, 0.717) is 0 Å². The Morgan fingerprint density at radius 1 is 1.05 bits per heavy atom. The van der Waals surface area contributed by atoms with Crippen molar-refractivity contribution in [2.45, 2.75) is 57.3 Å². The molecule has 2 rings (SSSR count). The molecule has 19 heavy (non-hydrogen) atoms. The zero-order valence-corrected chi connectivity index (χ0v) is 12.9. The average molecular weight is 270 g/mol. The Morgan fingerprint density at radius 2 is 1.58 bits per heavy atom. The van der Waals surface area contributed by atoms with Gasteiger partial charge in [-0.15, -0.1) is 0 Å². The van der Waals surface area contributed by atoms with E-state index in [1.807, 2.05) is 0 Å². The third-order valence-corrected chi connectivity index (χ3v) is 5.67. The maximum atomic E-state index is 6.24. The molecule has 3 atom stereocenters. The molecular formula is C15H30N2O2. The van der Waals surface area contributed by atoms with Gasteiger partial charge in [0, 0.05) is 39.4 Å². The molecule has 1 saturated carbocycles. The molecule has 3 unspecified atom stereocenters. The first-order chi connectivity index (χ1) is 9.00. The van der Waals surface area contributed by atoms with Crippen molar-refractivity contribution in [1.82, 2.24) is 4.90 Å². The number of likely N-dealkylation sites (tertiary alicyclic amines) is 1. The summed E-state index contributed by atoms with van der Waals surface area (Å²) in [6.45, 7) is 7.36. The summed E-state index contributed by atoms with van der Waals surface area (Å²) in [5, 5.41) is 0. The highest BCUT2D eigenvalue weighted by Gasteiger charge is 2.53. The topological polar surface area (TPSA) is 47.7 Å². The summed E-state index contributed by atoms with van der Waals surface area (Å²) in [6, 6.07) is 0. The van der Waals surface area contributed by atoms with Crippen LogP contribution in [0.4, 0.5) is 0 Å². The fraction of sp³-hybridized carbons (Fsp3) is 1.00. The Morgan fingerprint density at radius 3 is 2.00 bits per heavy atom. The van der Waals surface area contributed by atoms with Gasteiger partial charge in [-0.05, 0) is 18.3 Å². The number of hydrogen-bond acceptors (Lipinski definition) is 4. The Bertz CT molecular complexity index is 297. The summed E-state index contributed by atoms with van der Waals surface area (Å²) in [6.07, 6.45) is 5.41. The number of ether oxygens (including phenoxy) is 2. The van der Waals surface area contributed by atoms with E-state index in [0.717, 1.165) is 19.6 Å². The zero-order valence-electron chi connectivity index (χ0n) is 12.9. The molecule has 0 aromatic heterocycles. The van der Waals surface area contributed by atoms with E-state index in [-0.39, 0.29) is 23.2 Å². The van der Waals surface area contributed by atoms with Crippen LogP contribution >= 0.6 is 0 Å². The molecule has 2 N–H and O–H groups in total. The number of nitrogens with two attached hydrogens (primary N) is 1. The predicted molar refractivity (Wildman–Crippen MR) is 77.2 cm³/mol. The molecule has 112 valence electrons. The maximum absolute atomic E-state index is 6.24. The Labute approximate surface area is 117 Å². The number of rotatable bonds is 4. The molecule has 4 heteroatoms. The van der Waals surface area contributed by atoms with E-state index < -0.39 is 0 Å². The van der Waals surface area contributed by atoms with Gasteiger partial charge in [-0.1, -0.05) is 26.7 Å². The Balaban J connectivity index is 2.22. The lowest BCUT2D eigenvalue weighted by atomic mass is 9.62. The van der Waals surface area contributed by atoms with Gasteiger partial charge in [-0.3, -0.25) is 4.90 Å². The van der Waals surface area contributed by atoms with Gasteiger partial charge in [0.05, 0.1) is 12.2 Å². The fourth-order valence-electron chi connectivity index (χ4n) is 4.20. The molecule has 1 heterocycles. The second kappa shape index (κ2) is 5.68. The molecule has 1 aliphatic heterocycles. The molecule has 0 spiro atoms. The van der Waals surface area contributed by atoms with Gasteiger partial charge >= 0.3 is 0 Å². The minimum atomic E-state index is 0.106. The van der Waals surface area contributed by atoms with Crippen molar-refractivity contribution in [2.75, 3.05) is 33.9 Å². The molecule has 1 saturated heterocycles. The summed E-state index contributed by atoms with van der Waals surface area (Å²) in [5.41, 5.74) is 6.62. The van der Waals surface area contributed by atoms with Gasteiger partial charge < -0.3 is 15.2 Å². The van der Waals surface area contributed by atoms with E-state index in [2.05, 4.69) is 18.7 Å². The first-order valence-electron chi connectivity index (χ1n) is 7.51. The van der Waals surface area contributed by atoms with Crippen LogP contribution in [0, 0.1) is 5.41 Å².